The van der Waals surface area contributed by atoms with Gasteiger partial charge in [-0.2, -0.15) is 0 Å². The van der Waals surface area contributed by atoms with Crippen molar-refractivity contribution in [3.05, 3.63) is 67.1 Å². The number of fused-ring (bicyclic) bond motifs is 5. The first-order chi connectivity index (χ1) is 13.8. The summed E-state index contributed by atoms with van der Waals surface area (Å²) in [6.07, 6.45) is 0.698. The molecule has 0 saturated heterocycles. The fourth-order valence-corrected chi connectivity index (χ4v) is 4.77. The van der Waals surface area contributed by atoms with Crippen molar-refractivity contribution in [2.75, 3.05) is 5.32 Å². The Hall–Kier alpha value is -3.20. The van der Waals surface area contributed by atoms with E-state index in [4.69, 9.17) is 4.74 Å². The molecule has 9 nitrogen and oxygen atoms in total. The maximum atomic E-state index is 13.1. The molecule has 1 aromatic carbocycles. The standard InChI is InChI=1S/C20H19N3O6/c1-2-20(26)14-7-16-17-11(8-22(16)18(24)13(14)9-29-19(20)25)5-10-6-12(23(27)28)3-4-15(10)21-17/h3-4,6-7,11,17,21,26H,2,5,8-9H2,1H3/t11?,17?,20-/m0/s1. The number of rotatable bonds is 2. The van der Waals surface area contributed by atoms with Gasteiger partial charge in [-0.25, -0.2) is 4.79 Å². The molecule has 0 saturated carbocycles. The summed E-state index contributed by atoms with van der Waals surface area (Å²) in [5.41, 5.74) is 0.931. The lowest BCUT2D eigenvalue weighted by Crippen LogP contribution is -2.44. The van der Waals surface area contributed by atoms with Crippen LogP contribution in [0.2, 0.25) is 0 Å². The minimum absolute atomic E-state index is 0.0346. The summed E-state index contributed by atoms with van der Waals surface area (Å²) in [5, 5.41) is 25.4. The summed E-state index contributed by atoms with van der Waals surface area (Å²) in [5.74, 6) is -0.701. The molecule has 150 valence electrons. The normalized spacial score (nSPS) is 26.5. The number of ether oxygens (including phenoxy) is 1. The number of benzene rings is 1. The van der Waals surface area contributed by atoms with Crippen molar-refractivity contribution < 1.29 is 19.6 Å². The minimum atomic E-state index is -1.83. The largest absolute Gasteiger partial charge is 0.458 e. The number of carbonyl (C=O) groups excluding carboxylic acids is 1. The van der Waals surface area contributed by atoms with Crippen molar-refractivity contribution in [3.8, 4) is 0 Å². The maximum absolute atomic E-state index is 13.1. The van der Waals surface area contributed by atoms with Gasteiger partial charge in [-0.15, -0.1) is 0 Å². The van der Waals surface area contributed by atoms with Crippen molar-refractivity contribution in [1.82, 2.24) is 4.57 Å². The predicted octanol–water partition coefficient (Wildman–Crippen LogP) is 1.75. The van der Waals surface area contributed by atoms with Gasteiger partial charge in [0.2, 0.25) is 0 Å². The Kier molecular flexibility index (Phi) is 3.63. The Bertz CT molecular complexity index is 1140. The van der Waals surface area contributed by atoms with E-state index in [2.05, 4.69) is 5.32 Å². The summed E-state index contributed by atoms with van der Waals surface area (Å²) in [6.45, 7) is 1.98. The first-order valence-electron chi connectivity index (χ1n) is 9.54. The van der Waals surface area contributed by atoms with Crippen LogP contribution in [0.25, 0.3) is 0 Å². The lowest BCUT2D eigenvalue weighted by molar-refractivity contribution is -0.384. The monoisotopic (exact) mass is 397 g/mol. The van der Waals surface area contributed by atoms with Crippen molar-refractivity contribution in [2.24, 2.45) is 5.92 Å². The highest BCUT2D eigenvalue weighted by Gasteiger charge is 2.47. The number of hydrogen-bond donors (Lipinski definition) is 2. The Morgan fingerprint density at radius 2 is 2.17 bits per heavy atom. The molecule has 0 fully saturated rings. The number of cyclic esters (lactones) is 1. The van der Waals surface area contributed by atoms with Crippen LogP contribution in [-0.2, 0) is 34.7 Å². The fourth-order valence-electron chi connectivity index (χ4n) is 4.77. The number of nitrogens with one attached hydrogen (secondary N) is 1. The zero-order valence-electron chi connectivity index (χ0n) is 15.7. The van der Waals surface area contributed by atoms with E-state index in [1.165, 1.54) is 6.07 Å². The molecule has 0 bridgehead atoms. The lowest BCUT2D eigenvalue weighted by atomic mass is 9.84. The van der Waals surface area contributed by atoms with Gasteiger partial charge in [-0.1, -0.05) is 6.92 Å². The molecule has 2 aromatic rings. The van der Waals surface area contributed by atoms with Crippen LogP contribution >= 0.6 is 0 Å². The smallest absolute Gasteiger partial charge is 0.343 e. The highest BCUT2D eigenvalue weighted by atomic mass is 16.6. The van der Waals surface area contributed by atoms with Crippen molar-refractivity contribution in [3.63, 3.8) is 0 Å². The van der Waals surface area contributed by atoms with Crippen molar-refractivity contribution in [1.29, 1.82) is 0 Å². The van der Waals surface area contributed by atoms with Gasteiger partial charge in [-0.05, 0) is 30.5 Å². The average molecular weight is 397 g/mol. The number of nitro benzene ring substituents is 1. The third-order valence-corrected chi connectivity index (χ3v) is 6.37. The Balaban J connectivity index is 1.61. The van der Waals surface area contributed by atoms with Gasteiger partial charge in [-0.3, -0.25) is 14.9 Å². The van der Waals surface area contributed by atoms with Crippen molar-refractivity contribution >= 4 is 17.3 Å². The van der Waals surface area contributed by atoms with Gasteiger partial charge in [0.25, 0.3) is 11.2 Å². The van der Waals surface area contributed by atoms with E-state index in [-0.39, 0.29) is 36.2 Å². The molecule has 0 radical (unpaired) electrons. The second-order valence-corrected chi connectivity index (χ2v) is 7.85. The molecule has 3 aliphatic rings. The molecule has 4 heterocycles. The molecule has 3 atom stereocenters. The molecule has 9 heteroatoms. The number of aliphatic hydroxyl groups is 1. The third-order valence-electron chi connectivity index (χ3n) is 6.37. The van der Waals surface area contributed by atoms with Crippen LogP contribution in [0.1, 0.15) is 41.8 Å². The van der Waals surface area contributed by atoms with Crippen LogP contribution in [0.4, 0.5) is 11.4 Å². The molecule has 1 aromatic heterocycles. The summed E-state index contributed by atoms with van der Waals surface area (Å²) in [6, 6.07) is 6.27. The van der Waals surface area contributed by atoms with Crippen LogP contribution in [-0.4, -0.2) is 20.6 Å². The van der Waals surface area contributed by atoms with Gasteiger partial charge in [0.15, 0.2) is 5.60 Å². The summed E-state index contributed by atoms with van der Waals surface area (Å²) >= 11 is 0. The van der Waals surface area contributed by atoms with E-state index in [0.29, 0.717) is 29.8 Å². The Labute approximate surface area is 165 Å². The van der Waals surface area contributed by atoms with Gasteiger partial charge in [0, 0.05) is 41.5 Å². The molecule has 29 heavy (non-hydrogen) atoms. The van der Waals surface area contributed by atoms with Gasteiger partial charge in [0.1, 0.15) is 6.61 Å². The molecule has 3 aliphatic heterocycles. The van der Waals surface area contributed by atoms with Crippen molar-refractivity contribution in [2.45, 2.75) is 44.6 Å². The SMILES string of the molecule is CC[C@@]1(O)C(=O)OCc2c1cc1n(c2=O)CC2Cc3cc([N+](=O)[O-])ccc3NC12. The van der Waals surface area contributed by atoms with Crippen LogP contribution in [0.15, 0.2) is 29.1 Å². The number of anilines is 1. The van der Waals surface area contributed by atoms with Crippen LogP contribution < -0.4 is 10.9 Å². The Morgan fingerprint density at radius 1 is 1.38 bits per heavy atom. The molecular formula is C20H19N3O6. The number of pyridine rings is 1. The number of non-ortho nitro benzene ring substituents is 1. The first-order valence-corrected chi connectivity index (χ1v) is 9.54. The predicted molar refractivity (Wildman–Crippen MR) is 101 cm³/mol. The second kappa shape index (κ2) is 5.90. The van der Waals surface area contributed by atoms with E-state index in [9.17, 15) is 24.8 Å². The van der Waals surface area contributed by atoms with E-state index < -0.39 is 16.5 Å². The maximum Gasteiger partial charge on any atom is 0.343 e. The third kappa shape index (κ3) is 2.37. The van der Waals surface area contributed by atoms with Crippen LogP contribution in [0.5, 0.6) is 0 Å². The molecule has 2 N–H and O–H groups in total. The minimum Gasteiger partial charge on any atom is -0.458 e. The topological polar surface area (TPSA) is 124 Å². The quantitative estimate of drug-likeness (QED) is 0.449. The zero-order chi connectivity index (χ0) is 20.5. The fraction of sp³-hybridized carbons (Fsp3) is 0.400. The summed E-state index contributed by atoms with van der Waals surface area (Å²) < 4.78 is 6.74. The second-order valence-electron chi connectivity index (χ2n) is 7.85. The molecule has 0 aliphatic carbocycles. The van der Waals surface area contributed by atoms with Crippen LogP contribution in [0, 0.1) is 16.0 Å². The van der Waals surface area contributed by atoms with Crippen LogP contribution in [0.3, 0.4) is 0 Å². The molecule has 0 amide bonds. The van der Waals surface area contributed by atoms with Gasteiger partial charge < -0.3 is 19.7 Å². The highest BCUT2D eigenvalue weighted by molar-refractivity contribution is 5.83. The lowest BCUT2D eigenvalue weighted by Gasteiger charge is -2.33. The number of nitrogens with zero attached hydrogens (tertiary/aromatic N) is 2. The Morgan fingerprint density at radius 3 is 2.90 bits per heavy atom. The van der Waals surface area contributed by atoms with E-state index in [1.807, 2.05) is 0 Å². The highest BCUT2D eigenvalue weighted by Crippen LogP contribution is 2.44. The van der Waals surface area contributed by atoms with E-state index in [1.54, 1.807) is 29.7 Å². The average Bonchev–Trinajstić information content (AvgIpc) is 3.07. The number of esters is 1. The number of aromatic nitrogens is 1. The molecule has 0 spiro atoms. The number of hydrogen-bond acceptors (Lipinski definition) is 7. The zero-order valence-corrected chi connectivity index (χ0v) is 15.7. The summed E-state index contributed by atoms with van der Waals surface area (Å²) in [4.78, 5) is 36.0. The molecule has 2 unspecified atom stereocenters. The van der Waals surface area contributed by atoms with Gasteiger partial charge in [0.05, 0.1) is 16.5 Å². The number of nitro groups is 1. The van der Waals surface area contributed by atoms with Gasteiger partial charge >= 0.3 is 5.97 Å². The molecular weight excluding hydrogens is 378 g/mol. The molecule has 5 rings (SSSR count). The number of carbonyl (C=O) groups is 1. The summed E-state index contributed by atoms with van der Waals surface area (Å²) in [7, 11) is 0. The van der Waals surface area contributed by atoms with E-state index >= 15 is 0 Å². The van der Waals surface area contributed by atoms with E-state index in [0.717, 1.165) is 11.3 Å². The first kappa shape index (κ1) is 17.9.